The van der Waals surface area contributed by atoms with Crippen LogP contribution in [-0.4, -0.2) is 14.3 Å². The molecule has 3 N–H and O–H groups in total. The number of nitrogens with one attached hydrogen (secondary N) is 1. The number of hydrogen-bond donors (Lipinski definition) is 2. The Balaban J connectivity index is 1.69. The predicted molar refractivity (Wildman–Crippen MR) is 96.7 cm³/mol. The normalized spacial score (nSPS) is 17.3. The lowest BCUT2D eigenvalue weighted by molar-refractivity contribution is 0.103. The van der Waals surface area contributed by atoms with Crippen molar-refractivity contribution in [3.8, 4) is 0 Å². The zero-order valence-electron chi connectivity index (χ0n) is 13.4. The molecule has 1 aromatic heterocycles. The minimum absolute atomic E-state index is 0.124. The molecule has 0 aliphatic heterocycles. The number of anilines is 1. The molecule has 1 aliphatic rings. The number of carbonyl (C=O) groups excluding carboxylic acids is 1. The Morgan fingerprint density at radius 2 is 2.04 bits per heavy atom. The second-order valence-electron chi connectivity index (χ2n) is 6.37. The molecule has 0 saturated carbocycles. The number of nitrogens with two attached hydrogens (primary N) is 1. The first-order valence-corrected chi connectivity index (χ1v) is 10.4. The van der Waals surface area contributed by atoms with Gasteiger partial charge in [-0.2, -0.15) is 0 Å². The molecule has 0 bridgehead atoms. The molecule has 3 rings (SSSR count). The third-order valence-corrected chi connectivity index (χ3v) is 6.10. The van der Waals surface area contributed by atoms with E-state index in [0.717, 1.165) is 17.7 Å². The number of hydrogen-bond acceptors (Lipinski definition) is 4. The summed E-state index contributed by atoms with van der Waals surface area (Å²) in [4.78, 5) is 14.5. The molecule has 1 heterocycles. The molecule has 1 atom stereocenters. The van der Waals surface area contributed by atoms with Crippen LogP contribution in [0.15, 0.2) is 30.3 Å². The van der Waals surface area contributed by atoms with Crippen molar-refractivity contribution in [3.63, 3.8) is 0 Å². The Morgan fingerprint density at radius 3 is 2.71 bits per heavy atom. The van der Waals surface area contributed by atoms with Crippen LogP contribution in [0.5, 0.6) is 0 Å². The van der Waals surface area contributed by atoms with Crippen LogP contribution >= 0.6 is 11.3 Å². The molecule has 128 valence electrons. The van der Waals surface area contributed by atoms with Crippen LogP contribution in [0.4, 0.5) is 5.69 Å². The molecule has 0 saturated heterocycles. The van der Waals surface area contributed by atoms with Gasteiger partial charge in [0.2, 0.25) is 10.0 Å². The molecule has 1 unspecified atom stereocenters. The maximum atomic E-state index is 12.4. The fourth-order valence-corrected chi connectivity index (χ4v) is 4.69. The van der Waals surface area contributed by atoms with Crippen LogP contribution in [0.3, 0.4) is 0 Å². The average molecular weight is 364 g/mol. The molecule has 0 spiro atoms. The summed E-state index contributed by atoms with van der Waals surface area (Å²) in [6, 6.07) is 8.69. The summed E-state index contributed by atoms with van der Waals surface area (Å²) in [7, 11) is -3.55. The fraction of sp³-hybridized carbons (Fsp3) is 0.353. The van der Waals surface area contributed by atoms with Crippen molar-refractivity contribution < 1.29 is 13.2 Å². The lowest BCUT2D eigenvalue weighted by Gasteiger charge is -2.16. The number of sulfonamides is 1. The van der Waals surface area contributed by atoms with Crippen molar-refractivity contribution in [2.75, 3.05) is 5.32 Å². The lowest BCUT2D eigenvalue weighted by atomic mass is 9.90. The van der Waals surface area contributed by atoms with Crippen molar-refractivity contribution in [3.05, 3.63) is 51.2 Å². The van der Waals surface area contributed by atoms with Crippen LogP contribution in [0, 0.1) is 5.92 Å². The van der Waals surface area contributed by atoms with Gasteiger partial charge in [0, 0.05) is 10.6 Å². The first-order valence-electron chi connectivity index (χ1n) is 7.82. The molecule has 0 radical (unpaired) electrons. The van der Waals surface area contributed by atoms with E-state index in [9.17, 15) is 13.2 Å². The molecule has 0 fully saturated rings. The lowest BCUT2D eigenvalue weighted by Crippen LogP contribution is -2.14. The van der Waals surface area contributed by atoms with E-state index in [-0.39, 0.29) is 11.7 Å². The van der Waals surface area contributed by atoms with Gasteiger partial charge in [-0.25, -0.2) is 13.6 Å². The minimum atomic E-state index is -3.55. The summed E-state index contributed by atoms with van der Waals surface area (Å²) in [6.45, 7) is 2.24. The van der Waals surface area contributed by atoms with Crippen molar-refractivity contribution in [2.45, 2.75) is 31.9 Å². The zero-order valence-corrected chi connectivity index (χ0v) is 15.0. The second kappa shape index (κ2) is 6.66. The van der Waals surface area contributed by atoms with Gasteiger partial charge >= 0.3 is 0 Å². The van der Waals surface area contributed by atoms with Crippen LogP contribution < -0.4 is 10.5 Å². The highest BCUT2D eigenvalue weighted by Gasteiger charge is 2.20. The summed E-state index contributed by atoms with van der Waals surface area (Å²) >= 11 is 1.57. The first-order chi connectivity index (χ1) is 11.3. The van der Waals surface area contributed by atoms with E-state index >= 15 is 0 Å². The van der Waals surface area contributed by atoms with Gasteiger partial charge in [-0.1, -0.05) is 19.1 Å². The van der Waals surface area contributed by atoms with Crippen LogP contribution in [0.2, 0.25) is 0 Å². The number of primary sulfonamides is 1. The molecule has 7 heteroatoms. The smallest absolute Gasteiger partial charge is 0.265 e. The minimum Gasteiger partial charge on any atom is -0.321 e. The highest BCUT2D eigenvalue weighted by Crippen LogP contribution is 2.32. The Hall–Kier alpha value is -1.70. The number of aryl methyl sites for hydroxylation is 1. The zero-order chi connectivity index (χ0) is 17.3. The van der Waals surface area contributed by atoms with Gasteiger partial charge in [0.15, 0.2) is 0 Å². The van der Waals surface area contributed by atoms with Crippen LogP contribution in [0.25, 0.3) is 0 Å². The maximum absolute atomic E-state index is 12.4. The van der Waals surface area contributed by atoms with Gasteiger partial charge in [-0.3, -0.25) is 4.79 Å². The highest BCUT2D eigenvalue weighted by atomic mass is 32.2. The Labute approximate surface area is 145 Å². The Kier molecular flexibility index (Phi) is 4.76. The number of fused-ring (bicyclic) bond motifs is 1. The number of benzene rings is 1. The molecular weight excluding hydrogens is 344 g/mol. The van der Waals surface area contributed by atoms with Crippen molar-refractivity contribution in [1.29, 1.82) is 0 Å². The third kappa shape index (κ3) is 4.23. The van der Waals surface area contributed by atoms with E-state index in [4.69, 9.17) is 5.14 Å². The van der Waals surface area contributed by atoms with Crippen molar-refractivity contribution >= 4 is 33.0 Å². The van der Waals surface area contributed by atoms with Gasteiger partial charge in [0.25, 0.3) is 5.91 Å². The van der Waals surface area contributed by atoms with Gasteiger partial charge < -0.3 is 5.32 Å². The quantitative estimate of drug-likeness (QED) is 0.874. The van der Waals surface area contributed by atoms with E-state index in [0.29, 0.717) is 17.2 Å². The van der Waals surface area contributed by atoms with Crippen molar-refractivity contribution in [1.82, 2.24) is 0 Å². The molecule has 1 amide bonds. The van der Waals surface area contributed by atoms with Gasteiger partial charge in [0.1, 0.15) is 0 Å². The largest absolute Gasteiger partial charge is 0.321 e. The molecule has 1 aliphatic carbocycles. The predicted octanol–water partition coefficient (Wildman–Crippen LogP) is 2.91. The fourth-order valence-electron chi connectivity index (χ4n) is 2.93. The average Bonchev–Trinajstić information content (AvgIpc) is 2.91. The number of carbonyl (C=O) groups is 1. The van der Waals surface area contributed by atoms with Crippen LogP contribution in [0.1, 0.15) is 39.0 Å². The molecule has 24 heavy (non-hydrogen) atoms. The Bertz CT molecular complexity index is 854. The summed E-state index contributed by atoms with van der Waals surface area (Å²) < 4.78 is 22.2. The van der Waals surface area contributed by atoms with E-state index in [1.807, 2.05) is 6.07 Å². The van der Waals surface area contributed by atoms with E-state index in [2.05, 4.69) is 12.2 Å². The Morgan fingerprint density at radius 1 is 1.33 bits per heavy atom. The molecule has 1 aromatic carbocycles. The summed E-state index contributed by atoms with van der Waals surface area (Å²) in [5.74, 6) is 0.340. The first kappa shape index (κ1) is 17.1. The van der Waals surface area contributed by atoms with Gasteiger partial charge in [-0.15, -0.1) is 11.3 Å². The van der Waals surface area contributed by atoms with Gasteiger partial charge in [0.05, 0.1) is 10.6 Å². The van der Waals surface area contributed by atoms with Crippen molar-refractivity contribution in [2.24, 2.45) is 11.1 Å². The monoisotopic (exact) mass is 364 g/mol. The highest BCUT2D eigenvalue weighted by molar-refractivity contribution is 7.88. The summed E-state index contributed by atoms with van der Waals surface area (Å²) in [6.07, 6.45) is 3.28. The summed E-state index contributed by atoms with van der Waals surface area (Å²) in [5, 5.41) is 7.88. The second-order valence-corrected chi connectivity index (χ2v) is 9.12. The third-order valence-electron chi connectivity index (χ3n) is 4.13. The summed E-state index contributed by atoms with van der Waals surface area (Å²) in [5.41, 5.74) is 2.53. The molecular formula is C17H20N2O3S2. The molecule has 5 nitrogen and oxygen atoms in total. The van der Waals surface area contributed by atoms with Gasteiger partial charge in [-0.05, 0) is 54.5 Å². The van der Waals surface area contributed by atoms with Crippen LogP contribution in [-0.2, 0) is 28.6 Å². The van der Waals surface area contributed by atoms with E-state index in [1.165, 1.54) is 16.9 Å². The standard InChI is InChI=1S/C17H20N2O3S2/c1-11-2-7-15-13(8-11)9-16(23-15)17(20)19-14-5-3-12(4-6-14)10-24(18,21)22/h3-6,9,11H,2,7-8,10H2,1H3,(H,19,20)(H2,18,21,22). The number of rotatable bonds is 4. The van der Waals surface area contributed by atoms with E-state index < -0.39 is 10.0 Å². The topological polar surface area (TPSA) is 89.3 Å². The van der Waals surface area contributed by atoms with E-state index in [1.54, 1.807) is 35.6 Å². The SMILES string of the molecule is CC1CCc2sc(C(=O)Nc3ccc(CS(N)(=O)=O)cc3)cc2C1. The number of thiophene rings is 1. The number of amides is 1. The molecule has 2 aromatic rings. The maximum Gasteiger partial charge on any atom is 0.265 e.